The molecule has 0 aliphatic heterocycles. The van der Waals surface area contributed by atoms with Gasteiger partial charge in [-0.15, -0.1) is 0 Å². The van der Waals surface area contributed by atoms with Crippen LogP contribution < -0.4 is 5.73 Å². The minimum absolute atomic E-state index is 0.321. The van der Waals surface area contributed by atoms with Gasteiger partial charge in [0.15, 0.2) is 0 Å². The van der Waals surface area contributed by atoms with Crippen molar-refractivity contribution in [2.75, 3.05) is 0 Å². The standard InChI is InChI=1S/C16H12N4O/c1-20-14-5-3-2-4-12(14)13(7-17)15(20)10-6-11(16(18)21)9-19-8-10/h2-6,8-9H,1H3,(H2,18,21). The molecule has 0 aliphatic carbocycles. The number of carbonyl (C=O) groups is 1. The van der Waals surface area contributed by atoms with E-state index in [4.69, 9.17) is 5.73 Å². The molecule has 2 heterocycles. The van der Waals surface area contributed by atoms with Gasteiger partial charge in [-0.3, -0.25) is 9.78 Å². The molecule has 0 spiro atoms. The summed E-state index contributed by atoms with van der Waals surface area (Å²) in [6.07, 6.45) is 3.04. The Labute approximate surface area is 121 Å². The SMILES string of the molecule is Cn1c(-c2cncc(C(N)=O)c2)c(C#N)c2ccccc21. The third kappa shape index (κ3) is 1.94. The van der Waals surface area contributed by atoms with E-state index in [-0.39, 0.29) is 0 Å². The molecule has 2 aromatic heterocycles. The summed E-state index contributed by atoms with van der Waals surface area (Å²) in [7, 11) is 1.88. The first-order valence-corrected chi connectivity index (χ1v) is 6.36. The molecular weight excluding hydrogens is 264 g/mol. The summed E-state index contributed by atoms with van der Waals surface area (Å²) in [5, 5.41) is 10.4. The van der Waals surface area contributed by atoms with E-state index < -0.39 is 5.91 Å². The average molecular weight is 276 g/mol. The van der Waals surface area contributed by atoms with Gasteiger partial charge in [0.1, 0.15) is 6.07 Å². The number of benzene rings is 1. The molecule has 1 aromatic carbocycles. The number of primary amides is 1. The fraction of sp³-hybridized carbons (Fsp3) is 0.0625. The van der Waals surface area contributed by atoms with E-state index in [0.29, 0.717) is 16.7 Å². The molecule has 102 valence electrons. The number of nitrogens with zero attached hydrogens (tertiary/aromatic N) is 3. The van der Waals surface area contributed by atoms with Crippen LogP contribution in [0.5, 0.6) is 0 Å². The highest BCUT2D eigenvalue weighted by Gasteiger charge is 2.17. The molecule has 0 saturated heterocycles. The molecule has 0 fully saturated rings. The summed E-state index contributed by atoms with van der Waals surface area (Å²) < 4.78 is 1.93. The van der Waals surface area contributed by atoms with Crippen molar-refractivity contribution in [1.29, 1.82) is 5.26 Å². The molecule has 5 heteroatoms. The normalized spacial score (nSPS) is 10.5. The second-order valence-electron chi connectivity index (χ2n) is 4.74. The smallest absolute Gasteiger partial charge is 0.250 e. The van der Waals surface area contributed by atoms with Crippen molar-refractivity contribution in [2.45, 2.75) is 0 Å². The lowest BCUT2D eigenvalue weighted by Crippen LogP contribution is -2.11. The van der Waals surface area contributed by atoms with Crippen molar-refractivity contribution in [2.24, 2.45) is 12.8 Å². The van der Waals surface area contributed by atoms with Gasteiger partial charge in [0, 0.05) is 35.9 Å². The lowest BCUT2D eigenvalue weighted by Gasteiger charge is -2.06. The Balaban J connectivity index is 2.35. The summed E-state index contributed by atoms with van der Waals surface area (Å²) in [6.45, 7) is 0. The first-order valence-electron chi connectivity index (χ1n) is 6.36. The molecule has 0 atom stereocenters. The minimum atomic E-state index is -0.540. The average Bonchev–Trinajstić information content (AvgIpc) is 2.80. The van der Waals surface area contributed by atoms with Crippen molar-refractivity contribution in [3.63, 3.8) is 0 Å². The molecule has 3 aromatic rings. The van der Waals surface area contributed by atoms with Crippen LogP contribution in [0, 0.1) is 11.3 Å². The van der Waals surface area contributed by atoms with Crippen molar-refractivity contribution in [3.8, 4) is 17.3 Å². The number of amides is 1. The number of aryl methyl sites for hydroxylation is 1. The van der Waals surface area contributed by atoms with Crippen LogP contribution in [0.15, 0.2) is 42.7 Å². The van der Waals surface area contributed by atoms with Gasteiger partial charge in [-0.1, -0.05) is 18.2 Å². The molecule has 0 aliphatic rings. The molecule has 0 saturated carbocycles. The number of nitrogens with two attached hydrogens (primary N) is 1. The quantitative estimate of drug-likeness (QED) is 0.778. The van der Waals surface area contributed by atoms with Crippen LogP contribution in [0.1, 0.15) is 15.9 Å². The summed E-state index contributed by atoms with van der Waals surface area (Å²) in [4.78, 5) is 15.4. The zero-order valence-corrected chi connectivity index (χ0v) is 11.4. The van der Waals surface area contributed by atoms with E-state index >= 15 is 0 Å². The van der Waals surface area contributed by atoms with Gasteiger partial charge in [-0.25, -0.2) is 0 Å². The lowest BCUT2D eigenvalue weighted by molar-refractivity contribution is 0.1000. The number of hydrogen-bond acceptors (Lipinski definition) is 3. The zero-order valence-electron chi connectivity index (χ0n) is 11.4. The van der Waals surface area contributed by atoms with Gasteiger partial charge in [-0.2, -0.15) is 5.26 Å². The highest BCUT2D eigenvalue weighted by molar-refractivity contribution is 5.97. The van der Waals surface area contributed by atoms with Crippen molar-refractivity contribution >= 4 is 16.8 Å². The maximum absolute atomic E-state index is 11.3. The number of fused-ring (bicyclic) bond motifs is 1. The first-order chi connectivity index (χ1) is 10.1. The van der Waals surface area contributed by atoms with E-state index in [9.17, 15) is 10.1 Å². The lowest BCUT2D eigenvalue weighted by atomic mass is 10.1. The summed E-state index contributed by atoms with van der Waals surface area (Å²) in [6, 6.07) is 11.6. The van der Waals surface area contributed by atoms with Gasteiger partial charge < -0.3 is 10.3 Å². The maximum atomic E-state index is 11.3. The van der Waals surface area contributed by atoms with Crippen molar-refractivity contribution in [3.05, 3.63) is 53.9 Å². The van der Waals surface area contributed by atoms with Crippen LogP contribution in [0.3, 0.4) is 0 Å². The predicted molar refractivity (Wildman–Crippen MR) is 79.4 cm³/mol. The van der Waals surface area contributed by atoms with Gasteiger partial charge in [0.05, 0.1) is 16.8 Å². The van der Waals surface area contributed by atoms with E-state index in [2.05, 4.69) is 11.1 Å². The number of hydrogen-bond donors (Lipinski definition) is 1. The number of aromatic nitrogens is 2. The van der Waals surface area contributed by atoms with Crippen molar-refractivity contribution < 1.29 is 4.79 Å². The van der Waals surface area contributed by atoms with Crippen LogP contribution in [0.4, 0.5) is 0 Å². The van der Waals surface area contributed by atoms with E-state index in [0.717, 1.165) is 16.6 Å². The molecule has 0 unspecified atom stereocenters. The molecule has 2 N–H and O–H groups in total. The molecule has 5 nitrogen and oxygen atoms in total. The number of pyridine rings is 1. The Kier molecular flexibility index (Phi) is 2.92. The largest absolute Gasteiger partial charge is 0.366 e. The number of carbonyl (C=O) groups excluding carboxylic acids is 1. The highest BCUT2D eigenvalue weighted by atomic mass is 16.1. The molecule has 3 rings (SSSR count). The highest BCUT2D eigenvalue weighted by Crippen LogP contribution is 2.32. The monoisotopic (exact) mass is 276 g/mol. The third-order valence-electron chi connectivity index (χ3n) is 3.51. The van der Waals surface area contributed by atoms with Gasteiger partial charge in [-0.05, 0) is 12.1 Å². The van der Waals surface area contributed by atoms with Crippen LogP contribution in [-0.4, -0.2) is 15.5 Å². The summed E-state index contributed by atoms with van der Waals surface area (Å²) >= 11 is 0. The van der Waals surface area contributed by atoms with Gasteiger partial charge in [0.25, 0.3) is 0 Å². The van der Waals surface area contributed by atoms with Crippen LogP contribution >= 0.6 is 0 Å². The minimum Gasteiger partial charge on any atom is -0.366 e. The fourth-order valence-corrected chi connectivity index (χ4v) is 2.55. The number of rotatable bonds is 2. The summed E-state index contributed by atoms with van der Waals surface area (Å²) in [5.41, 5.74) is 8.56. The van der Waals surface area contributed by atoms with Gasteiger partial charge >= 0.3 is 0 Å². The molecule has 21 heavy (non-hydrogen) atoms. The Bertz CT molecular complexity index is 902. The van der Waals surface area contributed by atoms with Crippen LogP contribution in [0.2, 0.25) is 0 Å². The summed E-state index contributed by atoms with van der Waals surface area (Å²) in [5.74, 6) is -0.540. The number of nitriles is 1. The topological polar surface area (TPSA) is 84.7 Å². The van der Waals surface area contributed by atoms with Gasteiger partial charge in [0.2, 0.25) is 5.91 Å². The Hall–Kier alpha value is -3.13. The molecular formula is C16H12N4O. The van der Waals surface area contributed by atoms with Crippen molar-refractivity contribution in [1.82, 2.24) is 9.55 Å². The molecule has 1 amide bonds. The van der Waals surface area contributed by atoms with Crippen LogP contribution in [0.25, 0.3) is 22.2 Å². The second kappa shape index (κ2) is 4.76. The zero-order chi connectivity index (χ0) is 15.0. The fourth-order valence-electron chi connectivity index (χ4n) is 2.55. The van der Waals surface area contributed by atoms with E-state index in [1.165, 1.54) is 6.20 Å². The van der Waals surface area contributed by atoms with E-state index in [1.54, 1.807) is 12.3 Å². The van der Waals surface area contributed by atoms with E-state index in [1.807, 2.05) is 35.9 Å². The molecule has 0 bridgehead atoms. The molecule has 0 radical (unpaired) electrons. The van der Waals surface area contributed by atoms with Crippen LogP contribution in [-0.2, 0) is 7.05 Å². The maximum Gasteiger partial charge on any atom is 0.250 e. The predicted octanol–water partition coefficient (Wildman–Crippen LogP) is 2.21. The second-order valence-corrected chi connectivity index (χ2v) is 4.74. The Morgan fingerprint density at radius 3 is 2.81 bits per heavy atom. The first kappa shape index (κ1) is 12.9. The third-order valence-corrected chi connectivity index (χ3v) is 3.51. The Morgan fingerprint density at radius 1 is 1.33 bits per heavy atom. The Morgan fingerprint density at radius 2 is 2.10 bits per heavy atom. The number of para-hydroxylation sites is 1.